The molecule has 2 nitrogen and oxygen atoms in total. The maximum Gasteiger partial charge on any atom is 0.123 e. The highest BCUT2D eigenvalue weighted by atomic mass is 32.1. The van der Waals surface area contributed by atoms with Crippen LogP contribution in [0.4, 0.5) is 4.39 Å². The maximum atomic E-state index is 13.2. The Labute approximate surface area is 119 Å². The van der Waals surface area contributed by atoms with E-state index in [-0.39, 0.29) is 10.8 Å². The Balaban J connectivity index is 1.89. The highest BCUT2D eigenvalue weighted by Gasteiger charge is 2.14. The van der Waals surface area contributed by atoms with Crippen LogP contribution in [0, 0.1) is 11.7 Å². The van der Waals surface area contributed by atoms with Gasteiger partial charge in [-0.1, -0.05) is 37.5 Å². The van der Waals surface area contributed by atoms with Crippen LogP contribution in [0.1, 0.15) is 43.2 Å². The van der Waals surface area contributed by atoms with E-state index < -0.39 is 0 Å². The minimum absolute atomic E-state index is 0.218. The van der Waals surface area contributed by atoms with E-state index in [4.69, 9.17) is 22.7 Å². The molecule has 2 rings (SSSR count). The van der Waals surface area contributed by atoms with Gasteiger partial charge in [-0.2, -0.15) is 0 Å². The Hall–Kier alpha value is -1.00. The molecule has 0 unspecified atom stereocenters. The highest BCUT2D eigenvalue weighted by molar-refractivity contribution is 7.80. The van der Waals surface area contributed by atoms with E-state index in [0.29, 0.717) is 18.1 Å². The fourth-order valence-electron chi connectivity index (χ4n) is 2.59. The van der Waals surface area contributed by atoms with E-state index in [2.05, 4.69) is 0 Å². The topological polar surface area (TPSA) is 35.2 Å². The summed E-state index contributed by atoms with van der Waals surface area (Å²) < 4.78 is 18.9. The first-order valence-electron chi connectivity index (χ1n) is 6.83. The lowest BCUT2D eigenvalue weighted by Crippen LogP contribution is -2.16. The molecule has 0 amide bonds. The predicted molar refractivity (Wildman–Crippen MR) is 78.5 cm³/mol. The van der Waals surface area contributed by atoms with Gasteiger partial charge in [0.25, 0.3) is 0 Å². The average Bonchev–Trinajstić information content (AvgIpc) is 2.41. The van der Waals surface area contributed by atoms with Gasteiger partial charge in [0.15, 0.2) is 0 Å². The first-order chi connectivity index (χ1) is 9.16. The Kier molecular flexibility index (Phi) is 5.28. The standard InChI is InChI=1S/C15H20FNOS/c16-13-7-6-12(14(8-13)15(17)19)10-18-9-11-4-2-1-3-5-11/h6-8,11H,1-5,9-10H2,(H2,17,19). The molecule has 0 heterocycles. The van der Waals surface area contributed by atoms with Gasteiger partial charge in [-0.05, 0) is 36.5 Å². The molecule has 0 aliphatic heterocycles. The Bertz CT molecular complexity index is 444. The van der Waals surface area contributed by atoms with Crippen molar-refractivity contribution in [3.8, 4) is 0 Å². The molecular formula is C15H20FNOS. The van der Waals surface area contributed by atoms with E-state index in [1.54, 1.807) is 6.07 Å². The van der Waals surface area contributed by atoms with Crippen molar-refractivity contribution < 1.29 is 9.13 Å². The summed E-state index contributed by atoms with van der Waals surface area (Å²) >= 11 is 4.94. The first-order valence-corrected chi connectivity index (χ1v) is 7.23. The van der Waals surface area contributed by atoms with Crippen LogP contribution in [-0.4, -0.2) is 11.6 Å². The fourth-order valence-corrected chi connectivity index (χ4v) is 2.78. The number of thiocarbonyl (C=S) groups is 1. The molecule has 0 bridgehead atoms. The summed E-state index contributed by atoms with van der Waals surface area (Å²) in [6.45, 7) is 1.22. The van der Waals surface area contributed by atoms with Crippen molar-refractivity contribution in [3.05, 3.63) is 35.1 Å². The van der Waals surface area contributed by atoms with E-state index in [0.717, 1.165) is 12.2 Å². The zero-order valence-electron chi connectivity index (χ0n) is 11.0. The van der Waals surface area contributed by atoms with Crippen molar-refractivity contribution in [1.82, 2.24) is 0 Å². The van der Waals surface area contributed by atoms with E-state index >= 15 is 0 Å². The van der Waals surface area contributed by atoms with Crippen molar-refractivity contribution in [1.29, 1.82) is 0 Å². The minimum Gasteiger partial charge on any atom is -0.389 e. The monoisotopic (exact) mass is 281 g/mol. The zero-order valence-corrected chi connectivity index (χ0v) is 11.8. The van der Waals surface area contributed by atoms with Crippen LogP contribution < -0.4 is 5.73 Å². The van der Waals surface area contributed by atoms with Gasteiger partial charge < -0.3 is 10.5 Å². The number of ether oxygens (including phenoxy) is 1. The second kappa shape index (κ2) is 6.96. The summed E-state index contributed by atoms with van der Waals surface area (Å²) in [7, 11) is 0. The van der Waals surface area contributed by atoms with Gasteiger partial charge in [0, 0.05) is 12.2 Å². The molecule has 0 aromatic heterocycles. The number of benzene rings is 1. The normalized spacial score (nSPS) is 16.5. The third-order valence-electron chi connectivity index (χ3n) is 3.67. The summed E-state index contributed by atoms with van der Waals surface area (Å²) in [5.41, 5.74) is 7.05. The first kappa shape index (κ1) is 14.4. The SMILES string of the molecule is NC(=S)c1cc(F)ccc1COCC1CCCCC1. The van der Waals surface area contributed by atoms with Crippen LogP contribution in [0.5, 0.6) is 0 Å². The molecule has 19 heavy (non-hydrogen) atoms. The number of halogens is 1. The van der Waals surface area contributed by atoms with E-state index in [1.807, 2.05) is 0 Å². The highest BCUT2D eigenvalue weighted by Crippen LogP contribution is 2.24. The molecule has 4 heteroatoms. The molecule has 0 saturated heterocycles. The second-order valence-corrected chi connectivity index (χ2v) is 5.62. The molecule has 1 fully saturated rings. The van der Waals surface area contributed by atoms with Crippen LogP contribution in [0.3, 0.4) is 0 Å². The zero-order chi connectivity index (χ0) is 13.7. The second-order valence-electron chi connectivity index (χ2n) is 5.18. The van der Waals surface area contributed by atoms with Crippen molar-refractivity contribution in [2.45, 2.75) is 38.7 Å². The maximum absolute atomic E-state index is 13.2. The molecule has 1 aromatic carbocycles. The predicted octanol–water partition coefficient (Wildman–Crippen LogP) is 3.56. The molecule has 0 atom stereocenters. The molecule has 104 valence electrons. The van der Waals surface area contributed by atoms with E-state index in [9.17, 15) is 4.39 Å². The lowest BCUT2D eigenvalue weighted by atomic mass is 9.90. The Morgan fingerprint density at radius 1 is 1.32 bits per heavy atom. The summed E-state index contributed by atoms with van der Waals surface area (Å²) in [6, 6.07) is 4.49. The summed E-state index contributed by atoms with van der Waals surface area (Å²) in [5, 5.41) is 0. The van der Waals surface area contributed by atoms with Gasteiger partial charge in [-0.3, -0.25) is 0 Å². The van der Waals surface area contributed by atoms with Crippen molar-refractivity contribution in [2.75, 3.05) is 6.61 Å². The number of hydrogen-bond donors (Lipinski definition) is 1. The number of nitrogens with two attached hydrogens (primary N) is 1. The number of rotatable bonds is 5. The summed E-state index contributed by atoms with van der Waals surface area (Å²) in [5.74, 6) is 0.348. The van der Waals surface area contributed by atoms with Crippen LogP contribution in [-0.2, 0) is 11.3 Å². The molecule has 0 spiro atoms. The van der Waals surface area contributed by atoms with Crippen LogP contribution in [0.2, 0.25) is 0 Å². The van der Waals surface area contributed by atoms with Gasteiger partial charge in [-0.25, -0.2) is 4.39 Å². The third kappa shape index (κ3) is 4.25. The van der Waals surface area contributed by atoms with Crippen molar-refractivity contribution in [2.24, 2.45) is 11.7 Å². The van der Waals surface area contributed by atoms with Crippen LogP contribution in [0.25, 0.3) is 0 Å². The third-order valence-corrected chi connectivity index (χ3v) is 3.89. The molecule has 0 radical (unpaired) electrons. The average molecular weight is 281 g/mol. The quantitative estimate of drug-likeness (QED) is 0.838. The van der Waals surface area contributed by atoms with Crippen LogP contribution >= 0.6 is 12.2 Å². The van der Waals surface area contributed by atoms with Gasteiger partial charge >= 0.3 is 0 Å². The van der Waals surface area contributed by atoms with Gasteiger partial charge in [0.2, 0.25) is 0 Å². The van der Waals surface area contributed by atoms with Gasteiger partial charge in [0.1, 0.15) is 10.8 Å². The van der Waals surface area contributed by atoms with Crippen LogP contribution in [0.15, 0.2) is 18.2 Å². The van der Waals surface area contributed by atoms with Crippen molar-refractivity contribution >= 4 is 17.2 Å². The molecular weight excluding hydrogens is 261 g/mol. The summed E-state index contributed by atoms with van der Waals surface area (Å²) in [4.78, 5) is 0.218. The smallest absolute Gasteiger partial charge is 0.123 e. The minimum atomic E-state index is -0.321. The molecule has 1 saturated carbocycles. The van der Waals surface area contributed by atoms with Crippen molar-refractivity contribution in [3.63, 3.8) is 0 Å². The molecule has 2 N–H and O–H groups in total. The Morgan fingerprint density at radius 3 is 2.74 bits per heavy atom. The number of hydrogen-bond acceptors (Lipinski definition) is 2. The van der Waals surface area contributed by atoms with E-state index in [1.165, 1.54) is 44.2 Å². The largest absolute Gasteiger partial charge is 0.389 e. The molecule has 1 aliphatic carbocycles. The lowest BCUT2D eigenvalue weighted by molar-refractivity contribution is 0.0738. The van der Waals surface area contributed by atoms with Gasteiger partial charge in [0.05, 0.1) is 6.61 Å². The summed E-state index contributed by atoms with van der Waals surface area (Å²) in [6.07, 6.45) is 6.47. The fraction of sp³-hybridized carbons (Fsp3) is 0.533. The lowest BCUT2D eigenvalue weighted by Gasteiger charge is -2.21. The molecule has 1 aliphatic rings. The Morgan fingerprint density at radius 2 is 2.05 bits per heavy atom. The van der Waals surface area contributed by atoms with Gasteiger partial charge in [-0.15, -0.1) is 0 Å². The molecule has 1 aromatic rings.